The van der Waals surface area contributed by atoms with Crippen molar-refractivity contribution in [2.75, 3.05) is 40.3 Å². The summed E-state index contributed by atoms with van der Waals surface area (Å²) in [5.74, 6) is 0.776. The Labute approximate surface area is 125 Å². The Bertz CT molecular complexity index is 292. The third-order valence-electron chi connectivity index (χ3n) is 4.06. The van der Waals surface area contributed by atoms with E-state index in [1.54, 1.807) is 0 Å². The van der Waals surface area contributed by atoms with Gasteiger partial charge in [0, 0.05) is 38.1 Å². The molecule has 0 aromatic carbocycles. The van der Waals surface area contributed by atoms with E-state index in [4.69, 9.17) is 0 Å². The topological polar surface area (TPSA) is 26.8 Å². The average molecular weight is 283 g/mol. The maximum Gasteiger partial charge on any atom is 0.222 e. The molecule has 0 bridgehead atoms. The first kappa shape index (κ1) is 17.4. The second kappa shape index (κ2) is 7.99. The minimum atomic E-state index is 0.326. The highest BCUT2D eigenvalue weighted by Gasteiger charge is 2.31. The molecular weight excluding hydrogens is 250 g/mol. The molecule has 20 heavy (non-hydrogen) atoms. The standard InChI is InChI=1S/C16H33N3O/c1-13(2)10-16(20)18-11-14(3)19(15(4)12-18)9-7-8-17(5)6/h13-15H,7-12H2,1-6H3. The Hall–Kier alpha value is -0.610. The highest BCUT2D eigenvalue weighted by Crippen LogP contribution is 2.18. The van der Waals surface area contributed by atoms with Crippen molar-refractivity contribution in [2.24, 2.45) is 5.92 Å². The number of carbonyl (C=O) groups excluding carboxylic acids is 1. The van der Waals surface area contributed by atoms with Crippen LogP contribution in [0.3, 0.4) is 0 Å². The fourth-order valence-corrected chi connectivity index (χ4v) is 3.05. The van der Waals surface area contributed by atoms with Gasteiger partial charge in [0.25, 0.3) is 0 Å². The third kappa shape index (κ3) is 5.41. The lowest BCUT2D eigenvalue weighted by atomic mass is 10.0. The molecule has 1 amide bonds. The van der Waals surface area contributed by atoms with Crippen LogP contribution in [-0.4, -0.2) is 73.0 Å². The van der Waals surface area contributed by atoms with E-state index in [0.29, 0.717) is 30.3 Å². The molecule has 0 aromatic rings. The molecule has 118 valence electrons. The molecule has 0 N–H and O–H groups in total. The number of rotatable bonds is 6. The second-order valence-corrected chi connectivity index (χ2v) is 6.99. The van der Waals surface area contributed by atoms with E-state index in [9.17, 15) is 4.79 Å². The Balaban J connectivity index is 2.47. The summed E-state index contributed by atoms with van der Waals surface area (Å²) in [4.78, 5) is 19.1. The van der Waals surface area contributed by atoms with Gasteiger partial charge in [0.2, 0.25) is 5.91 Å². The summed E-state index contributed by atoms with van der Waals surface area (Å²) in [6.45, 7) is 12.8. The van der Waals surface area contributed by atoms with Gasteiger partial charge >= 0.3 is 0 Å². The van der Waals surface area contributed by atoms with Crippen molar-refractivity contribution in [1.82, 2.24) is 14.7 Å². The van der Waals surface area contributed by atoms with Crippen LogP contribution in [0.2, 0.25) is 0 Å². The lowest BCUT2D eigenvalue weighted by molar-refractivity contribution is -0.136. The van der Waals surface area contributed by atoms with E-state index < -0.39 is 0 Å². The summed E-state index contributed by atoms with van der Waals surface area (Å²) in [5, 5.41) is 0. The Morgan fingerprint density at radius 3 is 2.20 bits per heavy atom. The van der Waals surface area contributed by atoms with Crippen molar-refractivity contribution >= 4 is 5.91 Å². The first-order valence-electron chi connectivity index (χ1n) is 7.99. The molecule has 0 aliphatic carbocycles. The normalized spacial score (nSPS) is 24.7. The number of hydrogen-bond donors (Lipinski definition) is 0. The van der Waals surface area contributed by atoms with Crippen molar-refractivity contribution in [3.8, 4) is 0 Å². The van der Waals surface area contributed by atoms with Crippen molar-refractivity contribution in [3.63, 3.8) is 0 Å². The van der Waals surface area contributed by atoms with Crippen LogP contribution in [0.4, 0.5) is 0 Å². The van der Waals surface area contributed by atoms with Crippen LogP contribution in [0.15, 0.2) is 0 Å². The molecule has 1 heterocycles. The zero-order valence-corrected chi connectivity index (χ0v) is 14.2. The predicted molar refractivity (Wildman–Crippen MR) is 84.8 cm³/mol. The Kier molecular flexibility index (Phi) is 6.96. The van der Waals surface area contributed by atoms with E-state index >= 15 is 0 Å². The van der Waals surface area contributed by atoms with Crippen LogP contribution in [0, 0.1) is 5.92 Å². The summed E-state index contributed by atoms with van der Waals surface area (Å²) in [6, 6.07) is 0.939. The lowest BCUT2D eigenvalue weighted by Crippen LogP contribution is -2.58. The zero-order chi connectivity index (χ0) is 15.3. The van der Waals surface area contributed by atoms with Gasteiger partial charge < -0.3 is 9.80 Å². The first-order valence-corrected chi connectivity index (χ1v) is 7.99. The van der Waals surface area contributed by atoms with Crippen molar-refractivity contribution in [1.29, 1.82) is 0 Å². The van der Waals surface area contributed by atoms with Gasteiger partial charge in [-0.25, -0.2) is 0 Å². The number of amides is 1. The summed E-state index contributed by atoms with van der Waals surface area (Å²) in [7, 11) is 4.24. The summed E-state index contributed by atoms with van der Waals surface area (Å²) in [5.41, 5.74) is 0. The molecule has 1 rings (SSSR count). The monoisotopic (exact) mass is 283 g/mol. The Morgan fingerprint density at radius 1 is 1.20 bits per heavy atom. The molecule has 1 saturated heterocycles. The van der Waals surface area contributed by atoms with Crippen LogP contribution in [0.25, 0.3) is 0 Å². The first-order chi connectivity index (χ1) is 9.31. The van der Waals surface area contributed by atoms with Crippen LogP contribution in [0.5, 0.6) is 0 Å². The highest BCUT2D eigenvalue weighted by atomic mass is 16.2. The number of hydrogen-bond acceptors (Lipinski definition) is 3. The lowest BCUT2D eigenvalue weighted by Gasteiger charge is -2.44. The molecule has 0 radical (unpaired) electrons. The molecule has 0 aromatic heterocycles. The maximum atomic E-state index is 12.2. The van der Waals surface area contributed by atoms with E-state index in [2.05, 4.69) is 56.5 Å². The molecule has 1 aliphatic rings. The molecule has 2 unspecified atom stereocenters. The van der Waals surface area contributed by atoms with Crippen molar-refractivity contribution in [3.05, 3.63) is 0 Å². The van der Waals surface area contributed by atoms with Gasteiger partial charge in [-0.05, 0) is 46.8 Å². The fourth-order valence-electron chi connectivity index (χ4n) is 3.05. The van der Waals surface area contributed by atoms with Gasteiger partial charge in [-0.3, -0.25) is 9.69 Å². The smallest absolute Gasteiger partial charge is 0.222 e. The van der Waals surface area contributed by atoms with Crippen molar-refractivity contribution < 1.29 is 4.79 Å². The maximum absolute atomic E-state index is 12.2. The van der Waals surface area contributed by atoms with Crippen LogP contribution in [0.1, 0.15) is 40.5 Å². The predicted octanol–water partition coefficient (Wildman–Crippen LogP) is 1.91. The van der Waals surface area contributed by atoms with Gasteiger partial charge in [0.1, 0.15) is 0 Å². The minimum absolute atomic E-state index is 0.326. The van der Waals surface area contributed by atoms with Gasteiger partial charge in [-0.1, -0.05) is 13.8 Å². The molecule has 4 heteroatoms. The van der Waals surface area contributed by atoms with Crippen LogP contribution in [-0.2, 0) is 4.79 Å². The summed E-state index contributed by atoms with van der Waals surface area (Å²) in [6.07, 6.45) is 1.88. The molecular formula is C16H33N3O. The molecule has 1 aliphatic heterocycles. The second-order valence-electron chi connectivity index (χ2n) is 6.99. The zero-order valence-electron chi connectivity index (χ0n) is 14.2. The van der Waals surface area contributed by atoms with Crippen LogP contribution < -0.4 is 0 Å². The quantitative estimate of drug-likeness (QED) is 0.745. The molecule has 0 spiro atoms. The number of piperazine rings is 1. The van der Waals surface area contributed by atoms with Gasteiger partial charge in [-0.15, -0.1) is 0 Å². The molecule has 0 saturated carbocycles. The SMILES string of the molecule is CC(C)CC(=O)N1CC(C)N(CCCN(C)C)C(C)C1. The van der Waals surface area contributed by atoms with Crippen LogP contribution >= 0.6 is 0 Å². The number of carbonyl (C=O) groups is 1. The van der Waals surface area contributed by atoms with Crippen molar-refractivity contribution in [2.45, 2.75) is 52.6 Å². The minimum Gasteiger partial charge on any atom is -0.340 e. The van der Waals surface area contributed by atoms with Gasteiger partial charge in [-0.2, -0.15) is 0 Å². The fraction of sp³-hybridized carbons (Fsp3) is 0.938. The summed E-state index contributed by atoms with van der Waals surface area (Å²) >= 11 is 0. The third-order valence-corrected chi connectivity index (χ3v) is 4.06. The molecule has 4 nitrogen and oxygen atoms in total. The number of nitrogens with zero attached hydrogens (tertiary/aromatic N) is 3. The van der Waals surface area contributed by atoms with E-state index in [1.807, 2.05) is 0 Å². The molecule has 1 fully saturated rings. The largest absolute Gasteiger partial charge is 0.340 e. The molecule has 2 atom stereocenters. The van der Waals surface area contributed by atoms with Gasteiger partial charge in [0.15, 0.2) is 0 Å². The Morgan fingerprint density at radius 2 is 1.75 bits per heavy atom. The van der Waals surface area contributed by atoms with E-state index in [1.165, 1.54) is 6.42 Å². The van der Waals surface area contributed by atoms with E-state index in [-0.39, 0.29) is 0 Å². The average Bonchev–Trinajstić information content (AvgIpc) is 2.31. The highest BCUT2D eigenvalue weighted by molar-refractivity contribution is 5.76. The summed E-state index contributed by atoms with van der Waals surface area (Å²) < 4.78 is 0. The van der Waals surface area contributed by atoms with E-state index in [0.717, 1.165) is 26.2 Å². The van der Waals surface area contributed by atoms with Gasteiger partial charge in [0.05, 0.1) is 0 Å².